The van der Waals surface area contributed by atoms with Crippen molar-refractivity contribution in [3.63, 3.8) is 0 Å². The van der Waals surface area contributed by atoms with Crippen molar-refractivity contribution in [1.82, 2.24) is 5.32 Å². The first-order chi connectivity index (χ1) is 7.31. The van der Waals surface area contributed by atoms with Crippen LogP contribution in [-0.4, -0.2) is 17.5 Å². The molecule has 0 aromatic carbocycles. The molecule has 2 rings (SSSR count). The van der Waals surface area contributed by atoms with Gasteiger partial charge in [0, 0.05) is 6.04 Å². The molecule has 2 aliphatic carbocycles. The van der Waals surface area contributed by atoms with Gasteiger partial charge in [0.1, 0.15) is 0 Å². The monoisotopic (exact) mass is 224 g/mol. The van der Waals surface area contributed by atoms with Crippen LogP contribution in [0.15, 0.2) is 0 Å². The van der Waals surface area contributed by atoms with E-state index < -0.39 is 5.54 Å². The second-order valence-corrected chi connectivity index (χ2v) is 6.63. The minimum Gasteiger partial charge on any atom is -0.352 e. The van der Waals surface area contributed by atoms with Gasteiger partial charge in [-0.2, -0.15) is 0 Å². The van der Waals surface area contributed by atoms with Crippen molar-refractivity contribution < 1.29 is 4.79 Å². The first kappa shape index (κ1) is 11.9. The maximum absolute atomic E-state index is 12.1. The molecular weight excluding hydrogens is 200 g/mol. The zero-order valence-corrected chi connectivity index (χ0v) is 10.7. The first-order valence-electron chi connectivity index (χ1n) is 6.41. The number of hydrogen-bond donors (Lipinski definition) is 2. The Labute approximate surface area is 98.2 Å². The fraction of sp³-hybridized carbons (Fsp3) is 0.923. The molecule has 92 valence electrons. The molecule has 2 fully saturated rings. The van der Waals surface area contributed by atoms with Gasteiger partial charge >= 0.3 is 0 Å². The molecule has 2 aliphatic rings. The molecule has 0 heterocycles. The fourth-order valence-electron chi connectivity index (χ4n) is 2.77. The van der Waals surface area contributed by atoms with Gasteiger partial charge in [0.05, 0.1) is 5.54 Å². The summed E-state index contributed by atoms with van der Waals surface area (Å²) in [5.41, 5.74) is 5.83. The standard InChI is InChI=1S/C13H24N2O/c1-12(2)7-6-10(8-12)15-11(16)13(3,14)9-4-5-9/h9-10H,4-8,14H2,1-3H3,(H,15,16). The molecule has 2 saturated carbocycles. The zero-order chi connectivity index (χ0) is 12.0. The SMILES string of the molecule is CC1(C)CCC(NC(=O)C(C)(N)C2CC2)C1. The van der Waals surface area contributed by atoms with E-state index in [0.717, 1.165) is 25.7 Å². The third-order valence-electron chi connectivity index (χ3n) is 4.22. The molecule has 2 atom stereocenters. The van der Waals surface area contributed by atoms with Crippen LogP contribution in [0.3, 0.4) is 0 Å². The molecule has 3 nitrogen and oxygen atoms in total. The summed E-state index contributed by atoms with van der Waals surface area (Å²) in [5, 5.41) is 3.13. The van der Waals surface area contributed by atoms with E-state index in [4.69, 9.17) is 5.73 Å². The minimum atomic E-state index is -0.646. The van der Waals surface area contributed by atoms with Crippen molar-refractivity contribution in [1.29, 1.82) is 0 Å². The maximum Gasteiger partial charge on any atom is 0.240 e. The van der Waals surface area contributed by atoms with E-state index in [1.54, 1.807) is 0 Å². The van der Waals surface area contributed by atoms with Gasteiger partial charge in [-0.25, -0.2) is 0 Å². The summed E-state index contributed by atoms with van der Waals surface area (Å²) >= 11 is 0. The van der Waals surface area contributed by atoms with Crippen molar-refractivity contribution in [2.24, 2.45) is 17.1 Å². The Morgan fingerprint density at radius 3 is 2.44 bits per heavy atom. The normalized spacial score (nSPS) is 32.1. The molecule has 0 aromatic rings. The molecular formula is C13H24N2O. The Hall–Kier alpha value is -0.570. The minimum absolute atomic E-state index is 0.0534. The quantitative estimate of drug-likeness (QED) is 0.768. The highest BCUT2D eigenvalue weighted by atomic mass is 16.2. The summed E-state index contributed by atoms with van der Waals surface area (Å²) in [6.45, 7) is 6.41. The van der Waals surface area contributed by atoms with Crippen LogP contribution in [0.4, 0.5) is 0 Å². The van der Waals surface area contributed by atoms with Gasteiger partial charge < -0.3 is 11.1 Å². The molecule has 2 unspecified atom stereocenters. The predicted octanol–water partition coefficient (Wildman–Crippen LogP) is 1.81. The highest BCUT2D eigenvalue weighted by Gasteiger charge is 2.45. The van der Waals surface area contributed by atoms with Crippen LogP contribution in [0.25, 0.3) is 0 Å². The second kappa shape index (κ2) is 3.73. The highest BCUT2D eigenvalue weighted by molar-refractivity contribution is 5.86. The topological polar surface area (TPSA) is 55.1 Å². The third kappa shape index (κ3) is 2.40. The van der Waals surface area contributed by atoms with E-state index >= 15 is 0 Å². The summed E-state index contributed by atoms with van der Waals surface area (Å²) in [5.74, 6) is 0.458. The maximum atomic E-state index is 12.1. The van der Waals surface area contributed by atoms with Crippen LogP contribution in [0, 0.1) is 11.3 Å². The van der Waals surface area contributed by atoms with Crippen molar-refractivity contribution in [2.75, 3.05) is 0 Å². The van der Waals surface area contributed by atoms with Gasteiger partial charge in [-0.15, -0.1) is 0 Å². The van der Waals surface area contributed by atoms with E-state index in [1.165, 1.54) is 6.42 Å². The summed E-state index contributed by atoms with van der Waals surface area (Å²) in [4.78, 5) is 12.1. The average Bonchev–Trinajstić information content (AvgIpc) is 2.93. The summed E-state index contributed by atoms with van der Waals surface area (Å²) in [6, 6.07) is 0.337. The van der Waals surface area contributed by atoms with Crippen molar-refractivity contribution in [3.8, 4) is 0 Å². The van der Waals surface area contributed by atoms with Gasteiger partial charge in [0.25, 0.3) is 0 Å². The Balaban J connectivity index is 1.88. The lowest BCUT2D eigenvalue weighted by Gasteiger charge is -2.26. The molecule has 3 N–H and O–H groups in total. The van der Waals surface area contributed by atoms with E-state index in [0.29, 0.717) is 17.4 Å². The molecule has 0 aliphatic heterocycles. The van der Waals surface area contributed by atoms with Crippen LogP contribution in [-0.2, 0) is 4.79 Å². The van der Waals surface area contributed by atoms with Gasteiger partial charge in [-0.1, -0.05) is 13.8 Å². The van der Waals surface area contributed by atoms with Crippen LogP contribution in [0.1, 0.15) is 52.9 Å². The molecule has 16 heavy (non-hydrogen) atoms. The molecule has 0 saturated heterocycles. The molecule has 0 spiro atoms. The summed E-state index contributed by atoms with van der Waals surface area (Å²) < 4.78 is 0. The van der Waals surface area contributed by atoms with E-state index in [2.05, 4.69) is 19.2 Å². The lowest BCUT2D eigenvalue weighted by molar-refractivity contribution is -0.127. The highest BCUT2D eigenvalue weighted by Crippen LogP contribution is 2.40. The lowest BCUT2D eigenvalue weighted by atomic mass is 9.91. The predicted molar refractivity (Wildman–Crippen MR) is 64.9 cm³/mol. The Kier molecular flexibility index (Phi) is 2.77. The Morgan fingerprint density at radius 1 is 1.38 bits per heavy atom. The van der Waals surface area contributed by atoms with Crippen LogP contribution < -0.4 is 11.1 Å². The van der Waals surface area contributed by atoms with Crippen molar-refractivity contribution in [3.05, 3.63) is 0 Å². The second-order valence-electron chi connectivity index (χ2n) is 6.63. The van der Waals surface area contributed by atoms with E-state index in [9.17, 15) is 4.79 Å². The molecule has 0 radical (unpaired) electrons. The Bertz CT molecular complexity index is 292. The van der Waals surface area contributed by atoms with Crippen molar-refractivity contribution >= 4 is 5.91 Å². The van der Waals surface area contributed by atoms with Crippen LogP contribution in [0.2, 0.25) is 0 Å². The first-order valence-corrected chi connectivity index (χ1v) is 6.41. The number of rotatable bonds is 3. The number of carbonyl (C=O) groups excluding carboxylic acids is 1. The van der Waals surface area contributed by atoms with Crippen LogP contribution in [0.5, 0.6) is 0 Å². The molecule has 0 aromatic heterocycles. The molecule has 0 bridgehead atoms. The number of hydrogen-bond acceptors (Lipinski definition) is 2. The lowest BCUT2D eigenvalue weighted by Crippen LogP contribution is -2.55. The van der Waals surface area contributed by atoms with Crippen LogP contribution >= 0.6 is 0 Å². The van der Waals surface area contributed by atoms with Gasteiger partial charge in [-0.3, -0.25) is 4.79 Å². The average molecular weight is 224 g/mol. The number of amides is 1. The van der Waals surface area contributed by atoms with Gasteiger partial charge in [-0.05, 0) is 50.4 Å². The smallest absolute Gasteiger partial charge is 0.240 e. The third-order valence-corrected chi connectivity index (χ3v) is 4.22. The van der Waals surface area contributed by atoms with E-state index in [1.807, 2.05) is 6.92 Å². The Morgan fingerprint density at radius 2 is 2.00 bits per heavy atom. The fourth-order valence-corrected chi connectivity index (χ4v) is 2.77. The van der Waals surface area contributed by atoms with E-state index in [-0.39, 0.29) is 5.91 Å². The molecule has 1 amide bonds. The molecule has 3 heteroatoms. The van der Waals surface area contributed by atoms with Gasteiger partial charge in [0.2, 0.25) is 5.91 Å². The summed E-state index contributed by atoms with van der Waals surface area (Å²) in [7, 11) is 0. The largest absolute Gasteiger partial charge is 0.352 e. The number of nitrogens with two attached hydrogens (primary N) is 1. The van der Waals surface area contributed by atoms with Crippen molar-refractivity contribution in [2.45, 2.75) is 64.5 Å². The number of carbonyl (C=O) groups is 1. The van der Waals surface area contributed by atoms with Gasteiger partial charge in [0.15, 0.2) is 0 Å². The summed E-state index contributed by atoms with van der Waals surface area (Å²) in [6.07, 6.45) is 5.59. The zero-order valence-electron chi connectivity index (χ0n) is 10.7. The number of nitrogens with one attached hydrogen (secondary N) is 1.